The molecule has 0 aliphatic heterocycles. The van der Waals surface area contributed by atoms with Crippen LogP contribution >= 0.6 is 0 Å². The maximum Gasteiger partial charge on any atom is 0.179 e. The summed E-state index contributed by atoms with van der Waals surface area (Å²) in [5.41, 5.74) is 0.987. The van der Waals surface area contributed by atoms with E-state index in [9.17, 15) is 9.18 Å². The molecule has 1 heterocycles. The van der Waals surface area contributed by atoms with Gasteiger partial charge in [0.15, 0.2) is 5.78 Å². The third-order valence-corrected chi connectivity index (χ3v) is 1.98. The van der Waals surface area contributed by atoms with Crippen molar-refractivity contribution in [3.05, 3.63) is 42.0 Å². The first-order valence-corrected chi connectivity index (χ1v) is 4.36. The van der Waals surface area contributed by atoms with Gasteiger partial charge in [-0.15, -0.1) is 5.10 Å². The zero-order valence-corrected chi connectivity index (χ0v) is 8.01. The fourth-order valence-corrected chi connectivity index (χ4v) is 1.25. The maximum absolute atomic E-state index is 12.7. The highest BCUT2D eigenvalue weighted by atomic mass is 19.1. The van der Waals surface area contributed by atoms with Crippen LogP contribution < -0.4 is 0 Å². The zero-order chi connectivity index (χ0) is 10.8. The van der Waals surface area contributed by atoms with Gasteiger partial charge in [0.1, 0.15) is 11.5 Å². The van der Waals surface area contributed by atoms with Crippen molar-refractivity contribution in [1.29, 1.82) is 0 Å². The van der Waals surface area contributed by atoms with Crippen LogP contribution in [0.3, 0.4) is 0 Å². The number of nitrogens with zero attached hydrogens (tertiary/aromatic N) is 3. The normalized spacial score (nSPS) is 10.3. The van der Waals surface area contributed by atoms with Crippen LogP contribution in [0.2, 0.25) is 0 Å². The first-order valence-electron chi connectivity index (χ1n) is 4.36. The molecule has 0 aliphatic carbocycles. The molecule has 0 unspecified atom stereocenters. The Bertz CT molecular complexity index is 490. The van der Waals surface area contributed by atoms with Gasteiger partial charge < -0.3 is 0 Å². The standard InChI is InChI=1S/C10H8FN3O/c1-7(15)10-6-12-13-14(10)9-4-2-8(11)3-5-9/h2-6H,1H3. The van der Waals surface area contributed by atoms with Crippen LogP contribution in [0.25, 0.3) is 5.69 Å². The molecule has 2 aromatic rings. The number of carbonyl (C=O) groups is 1. The first kappa shape index (κ1) is 9.51. The molecule has 0 aliphatic rings. The van der Waals surface area contributed by atoms with Crippen LogP contribution in [0.1, 0.15) is 17.4 Å². The number of Topliss-reactive ketones (excluding diaryl/α,β-unsaturated/α-hetero) is 1. The predicted molar refractivity (Wildman–Crippen MR) is 51.3 cm³/mol. The Hall–Kier alpha value is -2.04. The van der Waals surface area contributed by atoms with Crippen LogP contribution in [0.4, 0.5) is 4.39 Å². The van der Waals surface area contributed by atoms with Crippen molar-refractivity contribution in [2.24, 2.45) is 0 Å². The van der Waals surface area contributed by atoms with Crippen LogP contribution in [0, 0.1) is 5.82 Å². The molecular formula is C10H8FN3O. The summed E-state index contributed by atoms with van der Waals surface area (Å²) in [5.74, 6) is -0.465. The highest BCUT2D eigenvalue weighted by molar-refractivity contribution is 5.92. The van der Waals surface area contributed by atoms with Crippen molar-refractivity contribution < 1.29 is 9.18 Å². The molecule has 1 aromatic carbocycles. The molecule has 76 valence electrons. The number of hydrogen-bond acceptors (Lipinski definition) is 3. The Morgan fingerprint density at radius 1 is 1.33 bits per heavy atom. The molecular weight excluding hydrogens is 197 g/mol. The van der Waals surface area contributed by atoms with E-state index >= 15 is 0 Å². The predicted octanol–water partition coefficient (Wildman–Crippen LogP) is 1.61. The lowest BCUT2D eigenvalue weighted by Gasteiger charge is -2.02. The van der Waals surface area contributed by atoms with E-state index in [1.165, 1.54) is 42.1 Å². The number of carbonyl (C=O) groups excluding carboxylic acids is 1. The van der Waals surface area contributed by atoms with Crippen LogP contribution in [-0.4, -0.2) is 20.8 Å². The second-order valence-electron chi connectivity index (χ2n) is 3.06. The van der Waals surface area contributed by atoms with E-state index in [2.05, 4.69) is 10.3 Å². The Labute approximate surface area is 85.3 Å². The molecule has 15 heavy (non-hydrogen) atoms. The van der Waals surface area contributed by atoms with Gasteiger partial charge in [-0.3, -0.25) is 4.79 Å². The molecule has 4 nitrogen and oxygen atoms in total. The Balaban J connectivity index is 2.49. The molecule has 1 aromatic heterocycles. The number of rotatable bonds is 2. The number of benzene rings is 1. The number of ketones is 1. The minimum Gasteiger partial charge on any atom is -0.293 e. The molecule has 0 saturated heterocycles. The molecule has 0 amide bonds. The largest absolute Gasteiger partial charge is 0.293 e. The van der Waals surface area contributed by atoms with Gasteiger partial charge in [-0.05, 0) is 24.3 Å². The average molecular weight is 205 g/mol. The number of hydrogen-bond donors (Lipinski definition) is 0. The fourth-order valence-electron chi connectivity index (χ4n) is 1.25. The van der Waals surface area contributed by atoms with E-state index in [0.29, 0.717) is 11.4 Å². The van der Waals surface area contributed by atoms with Gasteiger partial charge in [-0.25, -0.2) is 9.07 Å². The molecule has 0 N–H and O–H groups in total. The SMILES string of the molecule is CC(=O)c1cnnn1-c1ccc(F)cc1. The van der Waals surface area contributed by atoms with E-state index in [1.807, 2.05) is 0 Å². The number of halogens is 1. The van der Waals surface area contributed by atoms with Gasteiger partial charge in [0.25, 0.3) is 0 Å². The van der Waals surface area contributed by atoms with E-state index in [-0.39, 0.29) is 11.6 Å². The van der Waals surface area contributed by atoms with Crippen molar-refractivity contribution >= 4 is 5.78 Å². The highest BCUT2D eigenvalue weighted by Gasteiger charge is 2.09. The molecule has 5 heteroatoms. The molecule has 0 fully saturated rings. The molecule has 0 saturated carbocycles. The molecule has 0 atom stereocenters. The van der Waals surface area contributed by atoms with Gasteiger partial charge in [0.2, 0.25) is 0 Å². The Morgan fingerprint density at radius 2 is 2.00 bits per heavy atom. The second-order valence-corrected chi connectivity index (χ2v) is 3.06. The smallest absolute Gasteiger partial charge is 0.179 e. The summed E-state index contributed by atoms with van der Waals surface area (Å²) in [6.45, 7) is 1.43. The van der Waals surface area contributed by atoms with Gasteiger partial charge in [0.05, 0.1) is 11.9 Å². The lowest BCUT2D eigenvalue weighted by molar-refractivity contribution is 0.101. The van der Waals surface area contributed by atoms with Crippen LogP contribution in [0.15, 0.2) is 30.5 Å². The minimum absolute atomic E-state index is 0.135. The monoisotopic (exact) mass is 205 g/mol. The van der Waals surface area contributed by atoms with Crippen LogP contribution in [-0.2, 0) is 0 Å². The molecule has 0 spiro atoms. The fraction of sp³-hybridized carbons (Fsp3) is 0.100. The Morgan fingerprint density at radius 3 is 2.60 bits per heavy atom. The average Bonchev–Trinajstić information content (AvgIpc) is 2.67. The van der Waals surface area contributed by atoms with Gasteiger partial charge >= 0.3 is 0 Å². The molecule has 0 bridgehead atoms. The van der Waals surface area contributed by atoms with E-state index < -0.39 is 0 Å². The topological polar surface area (TPSA) is 47.8 Å². The summed E-state index contributed by atoms with van der Waals surface area (Å²) in [4.78, 5) is 11.2. The summed E-state index contributed by atoms with van der Waals surface area (Å²) in [6, 6.07) is 5.69. The summed E-state index contributed by atoms with van der Waals surface area (Å²) in [5, 5.41) is 7.40. The van der Waals surface area contributed by atoms with Crippen molar-refractivity contribution in [3.8, 4) is 5.69 Å². The summed E-state index contributed by atoms with van der Waals surface area (Å²) in [6.07, 6.45) is 1.38. The zero-order valence-electron chi connectivity index (χ0n) is 8.01. The third kappa shape index (κ3) is 1.76. The summed E-state index contributed by atoms with van der Waals surface area (Å²) in [7, 11) is 0. The lowest BCUT2D eigenvalue weighted by Crippen LogP contribution is -2.05. The van der Waals surface area contributed by atoms with Gasteiger partial charge in [-0.2, -0.15) is 0 Å². The van der Waals surface area contributed by atoms with Crippen LogP contribution in [0.5, 0.6) is 0 Å². The second kappa shape index (κ2) is 3.61. The Kier molecular flexibility index (Phi) is 2.29. The molecule has 2 rings (SSSR count). The summed E-state index contributed by atoms with van der Waals surface area (Å²) >= 11 is 0. The highest BCUT2D eigenvalue weighted by Crippen LogP contribution is 2.10. The van der Waals surface area contributed by atoms with Crippen molar-refractivity contribution in [3.63, 3.8) is 0 Å². The van der Waals surface area contributed by atoms with E-state index in [4.69, 9.17) is 0 Å². The third-order valence-electron chi connectivity index (χ3n) is 1.98. The van der Waals surface area contributed by atoms with Gasteiger partial charge in [-0.1, -0.05) is 5.21 Å². The maximum atomic E-state index is 12.7. The van der Waals surface area contributed by atoms with Gasteiger partial charge in [0, 0.05) is 6.92 Å². The van der Waals surface area contributed by atoms with E-state index in [0.717, 1.165) is 0 Å². The van der Waals surface area contributed by atoms with Crippen molar-refractivity contribution in [1.82, 2.24) is 15.0 Å². The first-order chi connectivity index (χ1) is 7.18. The lowest BCUT2D eigenvalue weighted by atomic mass is 10.3. The van der Waals surface area contributed by atoms with E-state index in [1.54, 1.807) is 0 Å². The minimum atomic E-state index is -0.330. The quantitative estimate of drug-likeness (QED) is 0.700. The van der Waals surface area contributed by atoms with Crippen molar-refractivity contribution in [2.75, 3.05) is 0 Å². The van der Waals surface area contributed by atoms with Crippen molar-refractivity contribution in [2.45, 2.75) is 6.92 Å². The molecule has 0 radical (unpaired) electrons. The number of aromatic nitrogens is 3. The summed E-state index contributed by atoms with van der Waals surface area (Å²) < 4.78 is 14.1.